The molecule has 0 aromatic heterocycles. The number of amides is 1. The number of carboxylic acids is 1. The van der Waals surface area contributed by atoms with Crippen molar-refractivity contribution in [2.75, 3.05) is 6.61 Å². The molecule has 1 aromatic rings. The number of nitrogens with one attached hydrogen (secondary N) is 1. The number of ether oxygens (including phenoxy) is 1. The van der Waals surface area contributed by atoms with Crippen LogP contribution in [0, 0.1) is 0 Å². The first-order valence-corrected chi connectivity index (χ1v) is 6.96. The van der Waals surface area contributed by atoms with Crippen LogP contribution in [0.25, 0.3) is 0 Å². The van der Waals surface area contributed by atoms with Gasteiger partial charge in [0.2, 0.25) is 5.91 Å². The Hall–Kier alpha value is -2.08. The third-order valence-corrected chi connectivity index (χ3v) is 3.45. The largest absolute Gasteiger partial charge is 0.508 e. The first-order valence-electron chi connectivity index (χ1n) is 6.96. The second kappa shape index (κ2) is 7.08. The molecule has 1 aromatic carbocycles. The second-order valence-corrected chi connectivity index (χ2v) is 5.17. The minimum atomic E-state index is -1.08. The zero-order chi connectivity index (χ0) is 15.2. The second-order valence-electron chi connectivity index (χ2n) is 5.17. The molecule has 1 amide bonds. The standard InChI is InChI=1S/C15H19NO5/c17-11-5-3-10(4-6-11)8-13(15(19)20)16-14(18)9-12-2-1-7-21-12/h3-6,12-13,17H,1-2,7-9H2,(H,16,18)(H,19,20). The SMILES string of the molecule is O=C(CC1CCCO1)NC(Cc1ccc(O)cc1)C(=O)O. The number of phenolic OH excluding ortho intramolecular Hbond substituents is 1. The summed E-state index contributed by atoms with van der Waals surface area (Å²) in [4.78, 5) is 23.1. The zero-order valence-electron chi connectivity index (χ0n) is 11.6. The van der Waals surface area contributed by atoms with E-state index in [1.807, 2.05) is 0 Å². The Balaban J connectivity index is 1.90. The molecule has 3 N–H and O–H groups in total. The molecule has 0 bridgehead atoms. The molecule has 0 aliphatic carbocycles. The van der Waals surface area contributed by atoms with Gasteiger partial charge in [-0.25, -0.2) is 4.79 Å². The van der Waals surface area contributed by atoms with Crippen LogP contribution >= 0.6 is 0 Å². The lowest BCUT2D eigenvalue weighted by Gasteiger charge is -2.16. The maximum absolute atomic E-state index is 11.9. The summed E-state index contributed by atoms with van der Waals surface area (Å²) in [5, 5.41) is 20.9. The predicted octanol–water partition coefficient (Wildman–Crippen LogP) is 1.07. The van der Waals surface area contributed by atoms with Gasteiger partial charge in [-0.2, -0.15) is 0 Å². The minimum absolute atomic E-state index is 0.104. The molecule has 6 nitrogen and oxygen atoms in total. The van der Waals surface area contributed by atoms with E-state index in [0.29, 0.717) is 6.61 Å². The topological polar surface area (TPSA) is 95.9 Å². The number of carbonyl (C=O) groups is 2. The number of aliphatic carboxylic acids is 1. The molecule has 2 unspecified atom stereocenters. The third kappa shape index (κ3) is 4.75. The molecular weight excluding hydrogens is 274 g/mol. The van der Waals surface area contributed by atoms with Crippen LogP contribution in [-0.2, 0) is 20.7 Å². The van der Waals surface area contributed by atoms with E-state index in [4.69, 9.17) is 4.74 Å². The van der Waals surface area contributed by atoms with Crippen molar-refractivity contribution in [3.63, 3.8) is 0 Å². The number of aromatic hydroxyl groups is 1. The minimum Gasteiger partial charge on any atom is -0.508 e. The highest BCUT2D eigenvalue weighted by molar-refractivity contribution is 5.84. The average molecular weight is 293 g/mol. The number of rotatable bonds is 6. The van der Waals surface area contributed by atoms with Gasteiger partial charge < -0.3 is 20.3 Å². The summed E-state index contributed by atoms with van der Waals surface area (Å²) in [7, 11) is 0. The van der Waals surface area contributed by atoms with E-state index < -0.39 is 12.0 Å². The maximum atomic E-state index is 11.9. The van der Waals surface area contributed by atoms with Gasteiger partial charge in [0.1, 0.15) is 11.8 Å². The lowest BCUT2D eigenvalue weighted by molar-refractivity contribution is -0.142. The Morgan fingerprint density at radius 2 is 2.05 bits per heavy atom. The molecule has 1 aliphatic heterocycles. The summed E-state index contributed by atoms with van der Waals surface area (Å²) in [6, 6.07) is 5.27. The lowest BCUT2D eigenvalue weighted by atomic mass is 10.1. The molecule has 0 radical (unpaired) electrons. The number of hydrogen-bond acceptors (Lipinski definition) is 4. The van der Waals surface area contributed by atoms with Gasteiger partial charge in [-0.15, -0.1) is 0 Å². The van der Waals surface area contributed by atoms with Crippen molar-refractivity contribution < 1.29 is 24.5 Å². The first kappa shape index (κ1) is 15.3. The van der Waals surface area contributed by atoms with Crippen LogP contribution in [0.3, 0.4) is 0 Å². The van der Waals surface area contributed by atoms with Crippen LogP contribution in [0.1, 0.15) is 24.8 Å². The zero-order valence-corrected chi connectivity index (χ0v) is 11.6. The number of benzene rings is 1. The summed E-state index contributed by atoms with van der Waals surface area (Å²) in [6.45, 7) is 0.661. The number of phenols is 1. The molecule has 0 saturated carbocycles. The van der Waals surface area contributed by atoms with Gasteiger partial charge in [-0.1, -0.05) is 12.1 Å². The van der Waals surface area contributed by atoms with Crippen LogP contribution in [0.2, 0.25) is 0 Å². The summed E-state index contributed by atoms with van der Waals surface area (Å²) in [6.07, 6.45) is 2.04. The van der Waals surface area contributed by atoms with Gasteiger partial charge in [0, 0.05) is 13.0 Å². The van der Waals surface area contributed by atoms with E-state index in [1.165, 1.54) is 12.1 Å². The van der Waals surface area contributed by atoms with Gasteiger partial charge >= 0.3 is 5.97 Å². The Morgan fingerprint density at radius 3 is 2.62 bits per heavy atom. The first-order chi connectivity index (χ1) is 10.0. The molecule has 1 saturated heterocycles. The molecule has 114 valence electrons. The fourth-order valence-corrected chi connectivity index (χ4v) is 2.33. The van der Waals surface area contributed by atoms with Gasteiger partial charge in [-0.05, 0) is 30.5 Å². The van der Waals surface area contributed by atoms with Crippen LogP contribution in [0.15, 0.2) is 24.3 Å². The molecule has 21 heavy (non-hydrogen) atoms. The highest BCUT2D eigenvalue weighted by atomic mass is 16.5. The molecule has 1 aliphatic rings. The van der Waals surface area contributed by atoms with Crippen molar-refractivity contribution in [1.82, 2.24) is 5.32 Å². The van der Waals surface area contributed by atoms with Crippen LogP contribution in [0.5, 0.6) is 5.75 Å². The van der Waals surface area contributed by atoms with Crippen molar-refractivity contribution in [2.45, 2.75) is 37.8 Å². The van der Waals surface area contributed by atoms with Gasteiger partial charge in [0.05, 0.1) is 12.5 Å². The Morgan fingerprint density at radius 1 is 1.33 bits per heavy atom. The number of hydrogen-bond donors (Lipinski definition) is 3. The Labute approximate surface area is 122 Å². The van der Waals surface area contributed by atoms with Gasteiger partial charge in [0.25, 0.3) is 0 Å². The van der Waals surface area contributed by atoms with E-state index in [1.54, 1.807) is 12.1 Å². The summed E-state index contributed by atoms with van der Waals surface area (Å²) < 4.78 is 5.36. The average Bonchev–Trinajstić information content (AvgIpc) is 2.93. The monoisotopic (exact) mass is 293 g/mol. The van der Waals surface area contributed by atoms with Gasteiger partial charge in [0.15, 0.2) is 0 Å². The predicted molar refractivity (Wildman–Crippen MR) is 75.0 cm³/mol. The van der Waals surface area contributed by atoms with Crippen LogP contribution in [0.4, 0.5) is 0 Å². The number of carbonyl (C=O) groups excluding carboxylic acids is 1. The van der Waals surface area contributed by atoms with E-state index in [0.717, 1.165) is 18.4 Å². The normalized spacial score (nSPS) is 19.1. The fourth-order valence-electron chi connectivity index (χ4n) is 2.33. The Kier molecular flexibility index (Phi) is 5.16. The molecule has 2 rings (SSSR count). The summed E-state index contributed by atoms with van der Waals surface area (Å²) in [5.74, 6) is -1.27. The van der Waals surface area contributed by atoms with Crippen LogP contribution in [-0.4, -0.2) is 40.8 Å². The van der Waals surface area contributed by atoms with Crippen molar-refractivity contribution >= 4 is 11.9 Å². The molecule has 0 spiro atoms. The lowest BCUT2D eigenvalue weighted by Crippen LogP contribution is -2.43. The van der Waals surface area contributed by atoms with E-state index in [-0.39, 0.29) is 30.6 Å². The van der Waals surface area contributed by atoms with Gasteiger partial charge in [-0.3, -0.25) is 4.79 Å². The van der Waals surface area contributed by atoms with Crippen LogP contribution < -0.4 is 5.32 Å². The van der Waals surface area contributed by atoms with Crippen molar-refractivity contribution in [2.24, 2.45) is 0 Å². The van der Waals surface area contributed by atoms with Crippen molar-refractivity contribution in [1.29, 1.82) is 0 Å². The molecule has 1 fully saturated rings. The quantitative estimate of drug-likeness (QED) is 0.729. The van der Waals surface area contributed by atoms with E-state index >= 15 is 0 Å². The maximum Gasteiger partial charge on any atom is 0.326 e. The fraction of sp³-hybridized carbons (Fsp3) is 0.467. The molecular formula is C15H19NO5. The summed E-state index contributed by atoms with van der Waals surface area (Å²) >= 11 is 0. The van der Waals surface area contributed by atoms with Crippen molar-refractivity contribution in [3.05, 3.63) is 29.8 Å². The smallest absolute Gasteiger partial charge is 0.326 e. The summed E-state index contributed by atoms with van der Waals surface area (Å²) in [5.41, 5.74) is 0.734. The van der Waals surface area contributed by atoms with Crippen molar-refractivity contribution in [3.8, 4) is 5.75 Å². The highest BCUT2D eigenvalue weighted by Crippen LogP contribution is 2.15. The molecule has 6 heteroatoms. The Bertz CT molecular complexity index is 493. The third-order valence-electron chi connectivity index (χ3n) is 3.45. The van der Waals surface area contributed by atoms with E-state index in [2.05, 4.69) is 5.32 Å². The van der Waals surface area contributed by atoms with E-state index in [9.17, 15) is 19.8 Å². The number of carboxylic acid groups (broad SMARTS) is 1. The molecule has 1 heterocycles. The molecule has 2 atom stereocenters. The highest BCUT2D eigenvalue weighted by Gasteiger charge is 2.24.